The first-order chi connectivity index (χ1) is 24.8. The lowest BCUT2D eigenvalue weighted by atomic mass is 9.96. The molecular weight excluding hydrogens is 607 g/mol. The number of hydrogen-bond acceptors (Lipinski definition) is 2. The van der Waals surface area contributed by atoms with Crippen LogP contribution in [0.5, 0.6) is 0 Å². The smallest absolute Gasteiger partial charge is 0.143 e. The largest absolute Gasteiger partial charge is 0.455 e. The fourth-order valence-corrected chi connectivity index (χ4v) is 7.68. The van der Waals surface area contributed by atoms with Crippen LogP contribution in [-0.4, -0.2) is 0 Å². The highest BCUT2D eigenvalue weighted by Crippen LogP contribution is 2.43. The van der Waals surface area contributed by atoms with Gasteiger partial charge in [0, 0.05) is 33.3 Å². The predicted molar refractivity (Wildman–Crippen MR) is 212 cm³/mol. The Morgan fingerprint density at radius 2 is 0.940 bits per heavy atom. The van der Waals surface area contributed by atoms with Crippen LogP contribution in [0.1, 0.15) is 0 Å². The predicted octanol–water partition coefficient (Wildman–Crippen LogP) is 13.8. The topological polar surface area (TPSA) is 16.4 Å². The van der Waals surface area contributed by atoms with E-state index in [0.717, 1.165) is 50.1 Å². The second-order valence-corrected chi connectivity index (χ2v) is 12.9. The molecule has 1 aromatic heterocycles. The van der Waals surface area contributed by atoms with Gasteiger partial charge in [-0.3, -0.25) is 0 Å². The first-order valence-electron chi connectivity index (χ1n) is 17.1. The fourth-order valence-electron chi connectivity index (χ4n) is 7.68. The van der Waals surface area contributed by atoms with Crippen molar-refractivity contribution in [2.45, 2.75) is 0 Å². The van der Waals surface area contributed by atoms with Crippen LogP contribution in [0.4, 0.5) is 17.1 Å². The van der Waals surface area contributed by atoms with E-state index >= 15 is 0 Å². The number of anilines is 3. The third-order valence-electron chi connectivity index (χ3n) is 10.1. The summed E-state index contributed by atoms with van der Waals surface area (Å²) in [6.45, 7) is 0. The molecule has 0 atom stereocenters. The molecule has 0 amide bonds. The molecule has 2 nitrogen and oxygen atoms in total. The first kappa shape index (κ1) is 28.4. The molecule has 0 saturated heterocycles. The summed E-state index contributed by atoms with van der Waals surface area (Å²) in [5.74, 6) is 0. The maximum absolute atomic E-state index is 6.40. The summed E-state index contributed by atoms with van der Waals surface area (Å²) in [5.41, 5.74) is 9.70. The van der Waals surface area contributed by atoms with Gasteiger partial charge in [0.25, 0.3) is 0 Å². The Kier molecular flexibility index (Phi) is 6.53. The maximum Gasteiger partial charge on any atom is 0.143 e. The van der Waals surface area contributed by atoms with Crippen molar-refractivity contribution in [1.29, 1.82) is 0 Å². The van der Waals surface area contributed by atoms with Crippen LogP contribution in [0, 0.1) is 0 Å². The number of para-hydroxylation sites is 3. The molecule has 0 N–H and O–H groups in total. The monoisotopic (exact) mass is 637 g/mol. The average molecular weight is 638 g/mol. The lowest BCUT2D eigenvalue weighted by Crippen LogP contribution is -2.11. The standard InChI is InChI=1S/C48H31NO/c1-2-11-32(12-3-1)40-15-6-8-19-46(40)49(37-27-30-39-35(31-37)24-29-42-38-14-5-4-13-33(38)23-28-43(39)42)36-25-21-34(22-26-36)41-17-10-18-45-44-16-7-9-20-47(44)50-48(41)45/h1-31H. The molecule has 0 saturated carbocycles. The van der Waals surface area contributed by atoms with Crippen LogP contribution < -0.4 is 4.90 Å². The SMILES string of the molecule is c1ccc(-c2ccccc2N(c2ccc(-c3cccc4c3oc3ccccc34)cc2)c2ccc3c(ccc4c5ccccc5ccc34)c2)cc1. The highest BCUT2D eigenvalue weighted by molar-refractivity contribution is 6.17. The van der Waals surface area contributed by atoms with Gasteiger partial charge in [0.15, 0.2) is 0 Å². The maximum atomic E-state index is 6.40. The fraction of sp³-hybridized carbons (Fsp3) is 0. The van der Waals surface area contributed by atoms with Gasteiger partial charge in [-0.2, -0.15) is 0 Å². The summed E-state index contributed by atoms with van der Waals surface area (Å²) in [5, 5.41) is 9.84. The quantitative estimate of drug-likeness (QED) is 0.175. The minimum atomic E-state index is 0.910. The molecule has 0 aliphatic rings. The minimum absolute atomic E-state index is 0.910. The second kappa shape index (κ2) is 11.5. The molecule has 0 radical (unpaired) electrons. The summed E-state index contributed by atoms with van der Waals surface area (Å²) in [6, 6.07) is 67.5. The summed E-state index contributed by atoms with van der Waals surface area (Å²) >= 11 is 0. The van der Waals surface area contributed by atoms with Crippen LogP contribution in [0.3, 0.4) is 0 Å². The van der Waals surface area contributed by atoms with Crippen LogP contribution in [-0.2, 0) is 0 Å². The third-order valence-corrected chi connectivity index (χ3v) is 10.1. The van der Waals surface area contributed by atoms with Gasteiger partial charge in [-0.05, 0) is 79.8 Å². The molecule has 10 rings (SSSR count). The van der Waals surface area contributed by atoms with Gasteiger partial charge < -0.3 is 9.32 Å². The molecule has 2 heteroatoms. The van der Waals surface area contributed by atoms with Crippen molar-refractivity contribution < 1.29 is 4.42 Å². The van der Waals surface area contributed by atoms with Crippen molar-refractivity contribution in [3.8, 4) is 22.3 Å². The Morgan fingerprint density at radius 1 is 0.340 bits per heavy atom. The highest BCUT2D eigenvalue weighted by Gasteiger charge is 2.19. The zero-order valence-corrected chi connectivity index (χ0v) is 27.3. The van der Waals surface area contributed by atoms with Crippen molar-refractivity contribution >= 4 is 71.3 Å². The van der Waals surface area contributed by atoms with Crippen LogP contribution in [0.15, 0.2) is 192 Å². The van der Waals surface area contributed by atoms with Crippen molar-refractivity contribution in [2.75, 3.05) is 4.90 Å². The van der Waals surface area contributed by atoms with E-state index in [0.29, 0.717) is 0 Å². The summed E-state index contributed by atoms with van der Waals surface area (Å²) in [7, 11) is 0. The van der Waals surface area contributed by atoms with Crippen molar-refractivity contribution in [2.24, 2.45) is 0 Å². The third kappa shape index (κ3) is 4.57. The molecule has 9 aromatic carbocycles. The molecule has 0 aliphatic carbocycles. The lowest BCUT2D eigenvalue weighted by Gasteiger charge is -2.28. The normalized spacial score (nSPS) is 11.6. The van der Waals surface area contributed by atoms with Crippen molar-refractivity contribution in [3.05, 3.63) is 188 Å². The van der Waals surface area contributed by atoms with Gasteiger partial charge in [0.05, 0.1) is 5.69 Å². The number of benzene rings is 9. The van der Waals surface area contributed by atoms with Crippen LogP contribution >= 0.6 is 0 Å². The van der Waals surface area contributed by atoms with Gasteiger partial charge in [0.1, 0.15) is 11.2 Å². The van der Waals surface area contributed by atoms with E-state index in [9.17, 15) is 0 Å². The van der Waals surface area contributed by atoms with Gasteiger partial charge in [-0.15, -0.1) is 0 Å². The van der Waals surface area contributed by atoms with Crippen molar-refractivity contribution in [3.63, 3.8) is 0 Å². The van der Waals surface area contributed by atoms with E-state index in [-0.39, 0.29) is 0 Å². The Morgan fingerprint density at radius 3 is 1.80 bits per heavy atom. The molecule has 0 bridgehead atoms. The summed E-state index contributed by atoms with van der Waals surface area (Å²) in [6.07, 6.45) is 0. The average Bonchev–Trinajstić information content (AvgIpc) is 3.58. The molecule has 50 heavy (non-hydrogen) atoms. The zero-order valence-electron chi connectivity index (χ0n) is 27.3. The molecular formula is C48H31NO. The first-order valence-corrected chi connectivity index (χ1v) is 17.1. The molecule has 0 spiro atoms. The van der Waals surface area contributed by atoms with Gasteiger partial charge in [-0.25, -0.2) is 0 Å². The van der Waals surface area contributed by atoms with Gasteiger partial charge >= 0.3 is 0 Å². The van der Waals surface area contributed by atoms with E-state index in [1.165, 1.54) is 43.4 Å². The van der Waals surface area contributed by atoms with E-state index in [1.54, 1.807) is 0 Å². The second-order valence-electron chi connectivity index (χ2n) is 12.9. The number of fused-ring (bicyclic) bond motifs is 8. The molecule has 0 aliphatic heterocycles. The minimum Gasteiger partial charge on any atom is -0.455 e. The van der Waals surface area contributed by atoms with Crippen LogP contribution in [0.25, 0.3) is 76.5 Å². The van der Waals surface area contributed by atoms with Crippen LogP contribution in [0.2, 0.25) is 0 Å². The van der Waals surface area contributed by atoms with E-state index in [2.05, 4.69) is 181 Å². The number of furan rings is 1. The van der Waals surface area contributed by atoms with E-state index < -0.39 is 0 Å². The summed E-state index contributed by atoms with van der Waals surface area (Å²) < 4.78 is 6.40. The number of nitrogens with zero attached hydrogens (tertiary/aromatic N) is 1. The number of hydrogen-bond donors (Lipinski definition) is 0. The van der Waals surface area contributed by atoms with Gasteiger partial charge in [0.2, 0.25) is 0 Å². The Bertz CT molecular complexity index is 2870. The van der Waals surface area contributed by atoms with E-state index in [1.807, 2.05) is 12.1 Å². The molecule has 234 valence electrons. The highest BCUT2D eigenvalue weighted by atomic mass is 16.3. The zero-order chi connectivity index (χ0) is 33.0. The van der Waals surface area contributed by atoms with E-state index in [4.69, 9.17) is 4.42 Å². The Labute approximate surface area is 290 Å². The van der Waals surface area contributed by atoms with Gasteiger partial charge in [-0.1, -0.05) is 152 Å². The Hall–Kier alpha value is -6.64. The lowest BCUT2D eigenvalue weighted by molar-refractivity contribution is 0.670. The molecule has 1 heterocycles. The molecule has 0 fully saturated rings. The summed E-state index contributed by atoms with van der Waals surface area (Å²) in [4.78, 5) is 2.39. The molecule has 0 unspecified atom stereocenters. The number of rotatable bonds is 5. The molecule has 10 aromatic rings. The Balaban J connectivity index is 1.14. The van der Waals surface area contributed by atoms with Crippen molar-refractivity contribution in [1.82, 2.24) is 0 Å².